The van der Waals surface area contributed by atoms with Gasteiger partial charge in [-0.25, -0.2) is 0 Å². The first kappa shape index (κ1) is 17.1. The van der Waals surface area contributed by atoms with Crippen LogP contribution in [0.3, 0.4) is 0 Å². The Morgan fingerprint density at radius 2 is 1.62 bits per heavy atom. The van der Waals surface area contributed by atoms with Crippen LogP contribution in [0.1, 0.15) is 19.3 Å². The molecule has 2 N–H and O–H groups in total. The summed E-state index contributed by atoms with van der Waals surface area (Å²) >= 11 is 0. The maximum absolute atomic E-state index is 11.0. The van der Waals surface area contributed by atoms with Crippen LogP contribution in [0.5, 0.6) is 0 Å². The lowest BCUT2D eigenvalue weighted by molar-refractivity contribution is -0.138. The Hall–Kier alpha value is -2.37. The summed E-state index contributed by atoms with van der Waals surface area (Å²) in [7, 11) is 0. The summed E-state index contributed by atoms with van der Waals surface area (Å²) in [5, 5.41) is 21.5. The molecule has 136 valence electrons. The number of aliphatic hydroxyl groups excluding tert-OH is 1. The Kier molecular flexibility index (Phi) is 4.66. The van der Waals surface area contributed by atoms with Gasteiger partial charge >= 0.3 is 5.97 Å². The van der Waals surface area contributed by atoms with E-state index in [4.69, 9.17) is 5.11 Å². The normalized spacial score (nSPS) is 21.0. The lowest BCUT2D eigenvalue weighted by Crippen LogP contribution is -2.33. The number of carbonyl (C=O) groups is 1. The van der Waals surface area contributed by atoms with Crippen LogP contribution >= 0.6 is 0 Å². The molecule has 1 fully saturated rings. The lowest BCUT2D eigenvalue weighted by Gasteiger charge is -2.23. The predicted octanol–water partition coefficient (Wildman–Crippen LogP) is 3.09. The molecule has 5 heteroatoms. The van der Waals surface area contributed by atoms with E-state index in [2.05, 4.69) is 58.0 Å². The fourth-order valence-corrected chi connectivity index (χ4v) is 4.32. The number of rotatable bonds is 6. The highest BCUT2D eigenvalue weighted by Crippen LogP contribution is 2.29. The van der Waals surface area contributed by atoms with Crippen molar-refractivity contribution < 1.29 is 15.0 Å². The minimum Gasteiger partial charge on any atom is -0.481 e. The van der Waals surface area contributed by atoms with E-state index in [0.717, 1.165) is 19.5 Å². The monoisotopic (exact) mass is 352 g/mol. The number of β-amino-alcohol motifs (C(OH)–C–C–N with tert-alkyl or cyclic N) is 1. The summed E-state index contributed by atoms with van der Waals surface area (Å²) in [6.45, 7) is 2.25. The first-order valence-electron chi connectivity index (χ1n) is 9.23. The van der Waals surface area contributed by atoms with Gasteiger partial charge in [0.2, 0.25) is 0 Å². The van der Waals surface area contributed by atoms with Gasteiger partial charge in [-0.05, 0) is 25.0 Å². The molecule has 2 heterocycles. The molecule has 0 radical (unpaired) electrons. The van der Waals surface area contributed by atoms with Crippen molar-refractivity contribution in [2.75, 3.05) is 13.1 Å². The molecule has 0 bridgehead atoms. The largest absolute Gasteiger partial charge is 0.481 e. The van der Waals surface area contributed by atoms with Gasteiger partial charge in [0.05, 0.1) is 12.5 Å². The summed E-state index contributed by atoms with van der Waals surface area (Å²) in [5.74, 6) is -0.795. The quantitative estimate of drug-likeness (QED) is 0.715. The molecule has 1 aliphatic heterocycles. The predicted molar refractivity (Wildman–Crippen MR) is 102 cm³/mol. The second-order valence-corrected chi connectivity index (χ2v) is 7.18. The van der Waals surface area contributed by atoms with Crippen LogP contribution in [0.25, 0.3) is 21.8 Å². The number of benzene rings is 2. The van der Waals surface area contributed by atoms with Crippen molar-refractivity contribution in [1.29, 1.82) is 0 Å². The highest BCUT2D eigenvalue weighted by atomic mass is 16.4. The second kappa shape index (κ2) is 7.09. The molecule has 4 rings (SSSR count). The van der Waals surface area contributed by atoms with E-state index >= 15 is 0 Å². The Morgan fingerprint density at radius 1 is 1.00 bits per heavy atom. The zero-order chi connectivity index (χ0) is 18.1. The average molecular weight is 352 g/mol. The van der Waals surface area contributed by atoms with E-state index in [9.17, 15) is 9.90 Å². The summed E-state index contributed by atoms with van der Waals surface area (Å²) in [5.41, 5.74) is 2.47. The number of likely N-dealkylation sites (tertiary alicyclic amines) is 1. The van der Waals surface area contributed by atoms with Gasteiger partial charge in [-0.15, -0.1) is 0 Å². The SMILES string of the molecule is O=C(O)C[C@@H]1C[C@H](O)CN1CCCn1c2ccccc2c2ccccc21. The highest BCUT2D eigenvalue weighted by molar-refractivity contribution is 6.07. The number of carboxylic acids is 1. The highest BCUT2D eigenvalue weighted by Gasteiger charge is 2.31. The van der Waals surface area contributed by atoms with Gasteiger partial charge in [-0.3, -0.25) is 9.69 Å². The number of aliphatic hydroxyl groups is 1. The van der Waals surface area contributed by atoms with Crippen molar-refractivity contribution in [3.63, 3.8) is 0 Å². The van der Waals surface area contributed by atoms with Crippen LogP contribution in [0.2, 0.25) is 0 Å². The first-order chi connectivity index (χ1) is 12.6. The fourth-order valence-electron chi connectivity index (χ4n) is 4.32. The molecule has 3 aromatic rings. The molecule has 5 nitrogen and oxygen atoms in total. The maximum atomic E-state index is 11.0. The first-order valence-corrected chi connectivity index (χ1v) is 9.23. The van der Waals surface area contributed by atoms with E-state index < -0.39 is 12.1 Å². The Balaban J connectivity index is 1.52. The molecule has 2 atom stereocenters. The topological polar surface area (TPSA) is 65.7 Å². The van der Waals surface area contributed by atoms with E-state index in [0.29, 0.717) is 13.0 Å². The fraction of sp³-hybridized carbons (Fsp3) is 0.381. The standard InChI is InChI=1S/C21H24N2O3/c24-16-12-15(13-21(25)26)22(14-16)10-5-11-23-19-8-3-1-6-17(19)18-7-2-4-9-20(18)23/h1-4,6-9,15-16,24H,5,10-14H2,(H,25,26)/t15-,16-/m0/s1. The third-order valence-electron chi connectivity index (χ3n) is 5.42. The van der Waals surface area contributed by atoms with Crippen molar-refractivity contribution in [2.45, 2.75) is 38.0 Å². The summed E-state index contributed by atoms with van der Waals surface area (Å²) in [6, 6.07) is 16.9. The van der Waals surface area contributed by atoms with Crippen LogP contribution < -0.4 is 0 Å². The third-order valence-corrected chi connectivity index (χ3v) is 5.42. The van der Waals surface area contributed by atoms with Gasteiger partial charge < -0.3 is 14.8 Å². The Bertz CT molecular complexity index is 880. The number of hydrogen-bond acceptors (Lipinski definition) is 3. The number of para-hydroxylation sites is 2. The maximum Gasteiger partial charge on any atom is 0.304 e. The van der Waals surface area contributed by atoms with Crippen LogP contribution in [0, 0.1) is 0 Å². The molecular formula is C21H24N2O3. The molecule has 0 saturated carbocycles. The molecule has 0 aliphatic carbocycles. The minimum atomic E-state index is -0.795. The third kappa shape index (κ3) is 3.20. The van der Waals surface area contributed by atoms with Crippen LogP contribution in [0.4, 0.5) is 0 Å². The van der Waals surface area contributed by atoms with Gasteiger partial charge in [-0.2, -0.15) is 0 Å². The number of carboxylic acid groups (broad SMARTS) is 1. The lowest BCUT2D eigenvalue weighted by atomic mass is 10.1. The number of hydrogen-bond donors (Lipinski definition) is 2. The summed E-state index contributed by atoms with van der Waals surface area (Å²) in [4.78, 5) is 13.2. The zero-order valence-corrected chi connectivity index (χ0v) is 14.7. The molecule has 26 heavy (non-hydrogen) atoms. The number of nitrogens with zero attached hydrogens (tertiary/aromatic N) is 2. The molecule has 2 aromatic carbocycles. The average Bonchev–Trinajstić information content (AvgIpc) is 3.13. The second-order valence-electron chi connectivity index (χ2n) is 7.18. The summed E-state index contributed by atoms with van der Waals surface area (Å²) < 4.78 is 2.35. The number of aromatic nitrogens is 1. The van der Waals surface area contributed by atoms with Crippen molar-refractivity contribution in [3.8, 4) is 0 Å². The van der Waals surface area contributed by atoms with Crippen molar-refractivity contribution >= 4 is 27.8 Å². The van der Waals surface area contributed by atoms with Crippen LogP contribution in [0.15, 0.2) is 48.5 Å². The molecule has 0 spiro atoms. The number of aryl methyl sites for hydroxylation is 1. The molecule has 1 aliphatic rings. The number of aliphatic carboxylic acids is 1. The molecule has 1 saturated heterocycles. The Labute approximate surface area is 152 Å². The zero-order valence-electron chi connectivity index (χ0n) is 14.7. The van der Waals surface area contributed by atoms with Gasteiger partial charge in [0.15, 0.2) is 0 Å². The van der Waals surface area contributed by atoms with Crippen LogP contribution in [-0.2, 0) is 11.3 Å². The van der Waals surface area contributed by atoms with Gasteiger partial charge in [0.25, 0.3) is 0 Å². The van der Waals surface area contributed by atoms with E-state index in [1.54, 1.807) is 0 Å². The molecule has 0 unspecified atom stereocenters. The molecule has 1 aromatic heterocycles. The van der Waals surface area contributed by atoms with Gasteiger partial charge in [-0.1, -0.05) is 36.4 Å². The number of fused-ring (bicyclic) bond motifs is 3. The summed E-state index contributed by atoms with van der Waals surface area (Å²) in [6.07, 6.45) is 1.17. The van der Waals surface area contributed by atoms with Crippen molar-refractivity contribution in [3.05, 3.63) is 48.5 Å². The minimum absolute atomic E-state index is 0.0550. The van der Waals surface area contributed by atoms with Gasteiger partial charge in [0.1, 0.15) is 0 Å². The van der Waals surface area contributed by atoms with Crippen molar-refractivity contribution in [2.24, 2.45) is 0 Å². The van der Waals surface area contributed by atoms with Crippen molar-refractivity contribution in [1.82, 2.24) is 9.47 Å². The van der Waals surface area contributed by atoms with E-state index in [1.807, 2.05) is 0 Å². The van der Waals surface area contributed by atoms with E-state index in [1.165, 1.54) is 21.8 Å². The molecule has 0 amide bonds. The molecular weight excluding hydrogens is 328 g/mol. The van der Waals surface area contributed by atoms with E-state index in [-0.39, 0.29) is 12.5 Å². The Morgan fingerprint density at radius 3 is 2.23 bits per heavy atom. The smallest absolute Gasteiger partial charge is 0.304 e. The van der Waals surface area contributed by atoms with Crippen LogP contribution in [-0.4, -0.2) is 50.9 Å². The van der Waals surface area contributed by atoms with Gasteiger partial charge in [0, 0.05) is 47.5 Å².